The molecule has 0 radical (unpaired) electrons. The Hall–Kier alpha value is -1.09. The Morgan fingerprint density at radius 1 is 1.50 bits per heavy atom. The SMILES string of the molecule is CNCCC1CCN(C)c2cc(F)ccc21. The van der Waals surface area contributed by atoms with Gasteiger partial charge in [0.1, 0.15) is 5.82 Å². The van der Waals surface area contributed by atoms with Crippen molar-refractivity contribution in [2.24, 2.45) is 0 Å². The molecule has 0 bridgehead atoms. The van der Waals surface area contributed by atoms with Gasteiger partial charge >= 0.3 is 0 Å². The fraction of sp³-hybridized carbons (Fsp3) is 0.538. The number of anilines is 1. The van der Waals surface area contributed by atoms with Crippen LogP contribution in [0.2, 0.25) is 0 Å². The molecule has 1 unspecified atom stereocenters. The van der Waals surface area contributed by atoms with Gasteiger partial charge in [-0.15, -0.1) is 0 Å². The number of hydrogen-bond donors (Lipinski definition) is 1. The van der Waals surface area contributed by atoms with Crippen molar-refractivity contribution in [3.05, 3.63) is 29.6 Å². The van der Waals surface area contributed by atoms with Crippen LogP contribution in [0.15, 0.2) is 18.2 Å². The van der Waals surface area contributed by atoms with Gasteiger partial charge in [-0.1, -0.05) is 6.07 Å². The van der Waals surface area contributed by atoms with Gasteiger partial charge in [0.05, 0.1) is 0 Å². The topological polar surface area (TPSA) is 15.3 Å². The maximum atomic E-state index is 13.2. The number of nitrogens with one attached hydrogen (secondary N) is 1. The number of benzene rings is 1. The molecular formula is C13H19FN2. The van der Waals surface area contributed by atoms with Gasteiger partial charge in [0.2, 0.25) is 0 Å². The molecule has 16 heavy (non-hydrogen) atoms. The van der Waals surface area contributed by atoms with Crippen molar-refractivity contribution in [2.75, 3.05) is 32.1 Å². The van der Waals surface area contributed by atoms with Crippen molar-refractivity contribution >= 4 is 5.69 Å². The average Bonchev–Trinajstić information content (AvgIpc) is 2.29. The summed E-state index contributed by atoms with van der Waals surface area (Å²) in [5, 5.41) is 3.18. The summed E-state index contributed by atoms with van der Waals surface area (Å²) in [5.41, 5.74) is 2.36. The van der Waals surface area contributed by atoms with E-state index in [1.165, 1.54) is 5.56 Å². The van der Waals surface area contributed by atoms with Gasteiger partial charge in [0.25, 0.3) is 0 Å². The third kappa shape index (κ3) is 2.19. The average molecular weight is 222 g/mol. The normalized spacial score (nSPS) is 19.7. The molecular weight excluding hydrogens is 203 g/mol. The van der Waals surface area contributed by atoms with Crippen LogP contribution >= 0.6 is 0 Å². The highest BCUT2D eigenvalue weighted by atomic mass is 19.1. The molecule has 3 heteroatoms. The van der Waals surface area contributed by atoms with Crippen LogP contribution in [0.5, 0.6) is 0 Å². The lowest BCUT2D eigenvalue weighted by molar-refractivity contribution is 0.535. The highest BCUT2D eigenvalue weighted by Crippen LogP contribution is 2.36. The van der Waals surface area contributed by atoms with Gasteiger partial charge in [0.15, 0.2) is 0 Å². The molecule has 1 atom stereocenters. The summed E-state index contributed by atoms with van der Waals surface area (Å²) >= 11 is 0. The molecule has 2 nitrogen and oxygen atoms in total. The standard InChI is InChI=1S/C13H19FN2/c1-15-7-5-10-6-8-16(2)13-9-11(14)3-4-12(10)13/h3-4,9-10,15H,5-8H2,1-2H3. The molecule has 1 aliphatic rings. The molecule has 0 fully saturated rings. The Morgan fingerprint density at radius 2 is 2.31 bits per heavy atom. The van der Waals surface area contributed by atoms with E-state index in [4.69, 9.17) is 0 Å². The van der Waals surface area contributed by atoms with Crippen LogP contribution in [0.1, 0.15) is 24.3 Å². The van der Waals surface area contributed by atoms with Gasteiger partial charge < -0.3 is 10.2 Å². The molecule has 1 N–H and O–H groups in total. The lowest BCUT2D eigenvalue weighted by Crippen LogP contribution is -2.28. The van der Waals surface area contributed by atoms with E-state index >= 15 is 0 Å². The van der Waals surface area contributed by atoms with E-state index in [0.717, 1.165) is 31.6 Å². The molecule has 0 aromatic heterocycles. The lowest BCUT2D eigenvalue weighted by atomic mass is 9.87. The van der Waals surface area contributed by atoms with Crippen molar-refractivity contribution in [1.82, 2.24) is 5.32 Å². The van der Waals surface area contributed by atoms with Gasteiger partial charge in [-0.3, -0.25) is 0 Å². The first-order chi connectivity index (χ1) is 7.72. The predicted octanol–water partition coefficient (Wildman–Crippen LogP) is 2.36. The van der Waals surface area contributed by atoms with E-state index in [1.807, 2.05) is 20.2 Å². The molecule has 2 rings (SSSR count). The maximum absolute atomic E-state index is 13.2. The van der Waals surface area contributed by atoms with E-state index in [0.29, 0.717) is 5.92 Å². The van der Waals surface area contributed by atoms with Crippen LogP contribution in [-0.4, -0.2) is 27.2 Å². The lowest BCUT2D eigenvalue weighted by Gasteiger charge is -2.33. The smallest absolute Gasteiger partial charge is 0.125 e. The minimum Gasteiger partial charge on any atom is -0.374 e. The Balaban J connectivity index is 2.25. The Morgan fingerprint density at radius 3 is 3.06 bits per heavy atom. The third-order valence-electron chi connectivity index (χ3n) is 3.40. The van der Waals surface area contributed by atoms with Crippen molar-refractivity contribution in [2.45, 2.75) is 18.8 Å². The first kappa shape index (κ1) is 11.4. The highest BCUT2D eigenvalue weighted by molar-refractivity contribution is 5.56. The van der Waals surface area contributed by atoms with Crippen molar-refractivity contribution in [1.29, 1.82) is 0 Å². The molecule has 0 aliphatic carbocycles. The number of halogens is 1. The molecule has 0 saturated heterocycles. The second-order valence-corrected chi connectivity index (χ2v) is 4.50. The second kappa shape index (κ2) is 4.83. The van der Waals surface area contributed by atoms with E-state index in [1.54, 1.807) is 12.1 Å². The van der Waals surface area contributed by atoms with Crippen molar-refractivity contribution < 1.29 is 4.39 Å². The number of nitrogens with zero attached hydrogens (tertiary/aromatic N) is 1. The summed E-state index contributed by atoms with van der Waals surface area (Å²) in [6.07, 6.45) is 2.29. The van der Waals surface area contributed by atoms with Crippen LogP contribution in [0.3, 0.4) is 0 Å². The fourth-order valence-electron chi connectivity index (χ4n) is 2.44. The Labute approximate surface area is 96.5 Å². The summed E-state index contributed by atoms with van der Waals surface area (Å²) in [6, 6.07) is 5.17. The molecule has 1 aromatic carbocycles. The highest BCUT2D eigenvalue weighted by Gasteiger charge is 2.22. The van der Waals surface area contributed by atoms with Crippen LogP contribution in [0, 0.1) is 5.82 Å². The summed E-state index contributed by atoms with van der Waals surface area (Å²) in [4.78, 5) is 2.15. The number of fused-ring (bicyclic) bond motifs is 1. The van der Waals surface area contributed by atoms with E-state index in [9.17, 15) is 4.39 Å². The van der Waals surface area contributed by atoms with Gasteiger partial charge in [-0.25, -0.2) is 4.39 Å². The minimum atomic E-state index is -0.139. The van der Waals surface area contributed by atoms with E-state index < -0.39 is 0 Å². The van der Waals surface area contributed by atoms with Gasteiger partial charge in [-0.2, -0.15) is 0 Å². The molecule has 88 valence electrons. The molecule has 0 spiro atoms. The minimum absolute atomic E-state index is 0.139. The van der Waals surface area contributed by atoms with Crippen molar-refractivity contribution in [3.8, 4) is 0 Å². The van der Waals surface area contributed by atoms with E-state index in [-0.39, 0.29) is 5.82 Å². The Bertz CT molecular complexity index is 365. The van der Waals surface area contributed by atoms with Crippen LogP contribution in [0.25, 0.3) is 0 Å². The maximum Gasteiger partial charge on any atom is 0.125 e. The predicted molar refractivity (Wildman–Crippen MR) is 65.6 cm³/mol. The molecule has 0 saturated carbocycles. The molecule has 1 heterocycles. The summed E-state index contributed by atoms with van der Waals surface area (Å²) in [7, 11) is 4.01. The molecule has 1 aliphatic heterocycles. The van der Waals surface area contributed by atoms with Crippen LogP contribution < -0.4 is 10.2 Å². The van der Waals surface area contributed by atoms with Crippen molar-refractivity contribution in [3.63, 3.8) is 0 Å². The van der Waals surface area contributed by atoms with Crippen LogP contribution in [0.4, 0.5) is 10.1 Å². The summed E-state index contributed by atoms with van der Waals surface area (Å²) in [5.74, 6) is 0.430. The summed E-state index contributed by atoms with van der Waals surface area (Å²) in [6.45, 7) is 2.04. The van der Waals surface area contributed by atoms with Crippen LogP contribution in [-0.2, 0) is 0 Å². The fourth-order valence-corrected chi connectivity index (χ4v) is 2.44. The Kier molecular flexibility index (Phi) is 3.44. The van der Waals surface area contributed by atoms with Gasteiger partial charge in [0, 0.05) is 19.3 Å². The quantitative estimate of drug-likeness (QED) is 0.844. The first-order valence-corrected chi connectivity index (χ1v) is 5.87. The zero-order valence-corrected chi connectivity index (χ0v) is 9.96. The monoisotopic (exact) mass is 222 g/mol. The molecule has 1 aromatic rings. The third-order valence-corrected chi connectivity index (χ3v) is 3.40. The first-order valence-electron chi connectivity index (χ1n) is 5.87. The van der Waals surface area contributed by atoms with E-state index in [2.05, 4.69) is 10.2 Å². The second-order valence-electron chi connectivity index (χ2n) is 4.50. The summed E-state index contributed by atoms with van der Waals surface area (Å²) < 4.78 is 13.2. The number of rotatable bonds is 3. The zero-order chi connectivity index (χ0) is 11.5. The largest absolute Gasteiger partial charge is 0.374 e. The van der Waals surface area contributed by atoms with Gasteiger partial charge in [-0.05, 0) is 50.0 Å². The molecule has 0 amide bonds. The zero-order valence-electron chi connectivity index (χ0n) is 9.96. The number of hydrogen-bond acceptors (Lipinski definition) is 2.